The summed E-state index contributed by atoms with van der Waals surface area (Å²) in [6, 6.07) is 3.63. The summed E-state index contributed by atoms with van der Waals surface area (Å²) in [6.07, 6.45) is 0. The van der Waals surface area contributed by atoms with Crippen molar-refractivity contribution >= 4 is 0 Å². The molecular formula is C13H22N2O2. The number of pyridine rings is 1. The lowest BCUT2D eigenvalue weighted by molar-refractivity contribution is 0.111. The Morgan fingerprint density at radius 1 is 1.35 bits per heavy atom. The number of aliphatic hydroxyl groups is 1. The molecule has 96 valence electrons. The Morgan fingerprint density at radius 2 is 2.00 bits per heavy atom. The molecule has 0 aromatic carbocycles. The van der Waals surface area contributed by atoms with Crippen LogP contribution in [0, 0.1) is 6.92 Å². The van der Waals surface area contributed by atoms with Gasteiger partial charge in [0.1, 0.15) is 6.61 Å². The minimum Gasteiger partial charge on any atom is -0.476 e. The highest BCUT2D eigenvalue weighted by Gasteiger charge is 2.21. The molecule has 0 atom stereocenters. The molecule has 1 aromatic rings. The molecule has 0 aliphatic heterocycles. The van der Waals surface area contributed by atoms with Crippen molar-refractivity contribution in [1.82, 2.24) is 9.88 Å². The third-order valence-corrected chi connectivity index (χ3v) is 2.96. The summed E-state index contributed by atoms with van der Waals surface area (Å²) < 4.78 is 5.69. The molecule has 4 nitrogen and oxygen atoms in total. The van der Waals surface area contributed by atoms with Crippen LogP contribution in [0.3, 0.4) is 0 Å². The van der Waals surface area contributed by atoms with E-state index >= 15 is 0 Å². The molecule has 0 aliphatic rings. The van der Waals surface area contributed by atoms with Crippen LogP contribution in [0.2, 0.25) is 0 Å². The first-order chi connectivity index (χ1) is 7.85. The maximum Gasteiger partial charge on any atom is 0.213 e. The smallest absolute Gasteiger partial charge is 0.213 e. The number of aryl methyl sites for hydroxylation is 1. The van der Waals surface area contributed by atoms with Crippen LogP contribution in [0.25, 0.3) is 0 Å². The van der Waals surface area contributed by atoms with E-state index in [1.807, 2.05) is 27.1 Å². The summed E-state index contributed by atoms with van der Waals surface area (Å²) in [5.41, 5.74) is 1.63. The van der Waals surface area contributed by atoms with E-state index in [2.05, 4.69) is 23.7 Å². The second kappa shape index (κ2) is 5.47. The number of nitrogens with zero attached hydrogens (tertiary/aromatic N) is 2. The van der Waals surface area contributed by atoms with E-state index in [1.165, 1.54) is 0 Å². The molecule has 0 unspecified atom stereocenters. The Morgan fingerprint density at radius 3 is 2.53 bits per heavy atom. The molecular weight excluding hydrogens is 216 g/mol. The van der Waals surface area contributed by atoms with Gasteiger partial charge in [0.2, 0.25) is 5.88 Å². The maximum absolute atomic E-state index is 9.11. The minimum atomic E-state index is -0.0508. The van der Waals surface area contributed by atoms with E-state index in [4.69, 9.17) is 9.84 Å². The van der Waals surface area contributed by atoms with Crippen molar-refractivity contribution in [1.29, 1.82) is 0 Å². The zero-order valence-electron chi connectivity index (χ0n) is 11.3. The predicted molar refractivity (Wildman–Crippen MR) is 68.2 cm³/mol. The summed E-state index contributed by atoms with van der Waals surface area (Å²) in [6.45, 7) is 6.67. The van der Waals surface area contributed by atoms with Crippen LogP contribution in [0.1, 0.15) is 25.1 Å². The maximum atomic E-state index is 9.11. The van der Waals surface area contributed by atoms with Crippen molar-refractivity contribution < 1.29 is 9.84 Å². The monoisotopic (exact) mass is 238 g/mol. The third kappa shape index (κ3) is 3.98. The van der Waals surface area contributed by atoms with Gasteiger partial charge in [-0.2, -0.15) is 0 Å². The molecule has 1 N–H and O–H groups in total. The van der Waals surface area contributed by atoms with Crippen LogP contribution < -0.4 is 4.74 Å². The van der Waals surface area contributed by atoms with Gasteiger partial charge in [0.25, 0.3) is 0 Å². The fourth-order valence-corrected chi connectivity index (χ4v) is 1.25. The van der Waals surface area contributed by atoms with Crippen LogP contribution in [-0.2, 0) is 6.61 Å². The summed E-state index contributed by atoms with van der Waals surface area (Å²) in [7, 11) is 4.04. The quantitative estimate of drug-likeness (QED) is 0.846. The third-order valence-electron chi connectivity index (χ3n) is 2.96. The molecule has 0 fully saturated rings. The number of rotatable bonds is 5. The normalized spacial score (nSPS) is 11.9. The van der Waals surface area contributed by atoms with Gasteiger partial charge < -0.3 is 14.7 Å². The fourth-order valence-electron chi connectivity index (χ4n) is 1.25. The second-order valence-corrected chi connectivity index (χ2v) is 5.11. The standard InChI is InChI=1S/C13H22N2O2/c1-10-6-11(8-16)7-12(14-10)17-9-13(2,3)15(4)5/h6-7,16H,8-9H2,1-5H3. The summed E-state index contributed by atoms with van der Waals surface area (Å²) in [5, 5.41) is 9.11. The Kier molecular flexibility index (Phi) is 4.48. The number of ether oxygens (including phenoxy) is 1. The van der Waals surface area contributed by atoms with Gasteiger partial charge in [-0.15, -0.1) is 0 Å². The molecule has 0 bridgehead atoms. The first kappa shape index (κ1) is 13.9. The Bertz CT molecular complexity index is 376. The predicted octanol–water partition coefficient (Wildman–Crippen LogP) is 1.60. The van der Waals surface area contributed by atoms with Gasteiger partial charge in [-0.1, -0.05) is 0 Å². The van der Waals surface area contributed by atoms with Crippen molar-refractivity contribution in [3.8, 4) is 5.88 Å². The molecule has 0 radical (unpaired) electrons. The van der Waals surface area contributed by atoms with Gasteiger partial charge in [0, 0.05) is 17.3 Å². The van der Waals surface area contributed by atoms with E-state index in [0.29, 0.717) is 12.5 Å². The van der Waals surface area contributed by atoms with Crippen molar-refractivity contribution in [3.63, 3.8) is 0 Å². The lowest BCUT2D eigenvalue weighted by Gasteiger charge is -2.31. The van der Waals surface area contributed by atoms with Crippen LogP contribution in [0.4, 0.5) is 0 Å². The highest BCUT2D eigenvalue weighted by Crippen LogP contribution is 2.16. The molecule has 0 aliphatic carbocycles. The zero-order valence-corrected chi connectivity index (χ0v) is 11.3. The SMILES string of the molecule is Cc1cc(CO)cc(OCC(C)(C)N(C)C)n1. The molecule has 0 amide bonds. The molecule has 4 heteroatoms. The summed E-state index contributed by atoms with van der Waals surface area (Å²) in [4.78, 5) is 6.40. The van der Waals surface area contributed by atoms with Gasteiger partial charge >= 0.3 is 0 Å². The number of hydrogen-bond donors (Lipinski definition) is 1. The first-order valence-corrected chi connectivity index (χ1v) is 5.74. The highest BCUT2D eigenvalue weighted by molar-refractivity contribution is 5.24. The summed E-state index contributed by atoms with van der Waals surface area (Å²) >= 11 is 0. The molecule has 1 heterocycles. The van der Waals surface area contributed by atoms with Gasteiger partial charge in [0.05, 0.1) is 6.61 Å². The van der Waals surface area contributed by atoms with Gasteiger partial charge in [0.15, 0.2) is 0 Å². The Labute approximate surface area is 103 Å². The van der Waals surface area contributed by atoms with Crippen LogP contribution in [0.15, 0.2) is 12.1 Å². The second-order valence-electron chi connectivity index (χ2n) is 5.11. The molecule has 1 aromatic heterocycles. The van der Waals surface area contributed by atoms with Gasteiger partial charge in [-0.3, -0.25) is 0 Å². The molecule has 0 saturated carbocycles. The van der Waals surface area contributed by atoms with E-state index in [0.717, 1.165) is 11.3 Å². The molecule has 17 heavy (non-hydrogen) atoms. The molecule has 0 spiro atoms. The van der Waals surface area contributed by atoms with Crippen molar-refractivity contribution in [2.24, 2.45) is 0 Å². The van der Waals surface area contributed by atoms with E-state index in [-0.39, 0.29) is 12.1 Å². The van der Waals surface area contributed by atoms with E-state index < -0.39 is 0 Å². The Balaban J connectivity index is 2.72. The number of hydrogen-bond acceptors (Lipinski definition) is 4. The lowest BCUT2D eigenvalue weighted by atomic mass is 10.1. The highest BCUT2D eigenvalue weighted by atomic mass is 16.5. The minimum absolute atomic E-state index is 0.0107. The van der Waals surface area contributed by atoms with Crippen molar-refractivity contribution in [2.75, 3.05) is 20.7 Å². The van der Waals surface area contributed by atoms with Crippen molar-refractivity contribution in [2.45, 2.75) is 32.9 Å². The lowest BCUT2D eigenvalue weighted by Crippen LogP contribution is -2.43. The van der Waals surface area contributed by atoms with Crippen LogP contribution in [0.5, 0.6) is 5.88 Å². The number of aromatic nitrogens is 1. The number of aliphatic hydroxyl groups excluding tert-OH is 1. The zero-order chi connectivity index (χ0) is 13.1. The van der Waals surface area contributed by atoms with Gasteiger partial charge in [-0.05, 0) is 46.5 Å². The molecule has 1 rings (SSSR count). The molecule has 0 saturated heterocycles. The van der Waals surface area contributed by atoms with E-state index in [9.17, 15) is 0 Å². The fraction of sp³-hybridized carbons (Fsp3) is 0.615. The largest absolute Gasteiger partial charge is 0.476 e. The average molecular weight is 238 g/mol. The summed E-state index contributed by atoms with van der Waals surface area (Å²) in [5.74, 6) is 0.573. The van der Waals surface area contributed by atoms with Crippen molar-refractivity contribution in [3.05, 3.63) is 23.4 Å². The van der Waals surface area contributed by atoms with Gasteiger partial charge in [-0.25, -0.2) is 4.98 Å². The topological polar surface area (TPSA) is 45.6 Å². The average Bonchev–Trinajstić information content (AvgIpc) is 2.25. The van der Waals surface area contributed by atoms with Crippen LogP contribution in [-0.4, -0.2) is 41.2 Å². The number of likely N-dealkylation sites (N-methyl/N-ethyl adjacent to an activating group) is 1. The Hall–Kier alpha value is -1.13. The van der Waals surface area contributed by atoms with E-state index in [1.54, 1.807) is 6.07 Å². The van der Waals surface area contributed by atoms with Crippen LogP contribution >= 0.6 is 0 Å². The first-order valence-electron chi connectivity index (χ1n) is 5.74.